The Balaban J connectivity index is 2.36. The van der Waals surface area contributed by atoms with Gasteiger partial charge in [0.05, 0.1) is 6.61 Å². The molecule has 0 radical (unpaired) electrons. The Hall–Kier alpha value is -0.970. The van der Waals surface area contributed by atoms with E-state index < -0.39 is 0 Å². The molecule has 0 bridgehead atoms. The number of hydrogen-bond acceptors (Lipinski definition) is 4. The number of nitrogens with one attached hydrogen (secondary N) is 1. The van der Waals surface area contributed by atoms with Gasteiger partial charge in [0.1, 0.15) is 0 Å². The normalized spacial score (nSPS) is 13.1. The molecular weight excluding hydrogens is 250 g/mol. The lowest BCUT2D eigenvalue weighted by atomic mass is 10.2. The number of rotatable bonds is 10. The van der Waals surface area contributed by atoms with Crippen LogP contribution in [0.1, 0.15) is 19.5 Å². The minimum atomic E-state index is 0.405. The lowest BCUT2D eigenvalue weighted by Crippen LogP contribution is -2.44. The smallest absolute Gasteiger partial charge is 0.0630 e. The predicted molar refractivity (Wildman–Crippen MR) is 83.9 cm³/mol. The zero-order valence-electron chi connectivity index (χ0n) is 13.3. The van der Waals surface area contributed by atoms with Crippen molar-refractivity contribution in [3.05, 3.63) is 30.1 Å². The van der Waals surface area contributed by atoms with E-state index in [4.69, 9.17) is 4.74 Å². The van der Waals surface area contributed by atoms with Gasteiger partial charge in [-0.2, -0.15) is 0 Å². The molecule has 1 N–H and O–H groups in total. The molecule has 0 spiro atoms. The molecule has 0 saturated heterocycles. The van der Waals surface area contributed by atoms with Crippen molar-refractivity contribution >= 4 is 0 Å². The molecule has 0 fully saturated rings. The van der Waals surface area contributed by atoms with Gasteiger partial charge in [-0.15, -0.1) is 0 Å². The maximum Gasteiger partial charge on any atom is 0.0630 e. The van der Waals surface area contributed by atoms with E-state index in [1.807, 2.05) is 18.3 Å². The van der Waals surface area contributed by atoms with Crippen LogP contribution in [0.5, 0.6) is 0 Å². The minimum Gasteiger partial charge on any atom is -0.383 e. The monoisotopic (exact) mass is 279 g/mol. The standard InChI is InChI=1S/C16H29N3O/c1-14(2)11-17-12-16(13-20-4)19(3)10-8-15-7-5-6-9-18-15/h5-7,9,14,16-17H,8,10-13H2,1-4H3. The summed E-state index contributed by atoms with van der Waals surface area (Å²) in [6, 6.07) is 6.48. The number of methoxy groups -OCH3 is 1. The minimum absolute atomic E-state index is 0.405. The average molecular weight is 279 g/mol. The topological polar surface area (TPSA) is 37.4 Å². The van der Waals surface area contributed by atoms with Crippen molar-refractivity contribution in [1.82, 2.24) is 15.2 Å². The van der Waals surface area contributed by atoms with Crippen LogP contribution in [-0.2, 0) is 11.2 Å². The molecule has 4 heteroatoms. The van der Waals surface area contributed by atoms with Crippen LogP contribution in [0.3, 0.4) is 0 Å². The molecule has 0 aliphatic carbocycles. The quantitative estimate of drug-likeness (QED) is 0.709. The van der Waals surface area contributed by atoms with Crippen molar-refractivity contribution in [2.45, 2.75) is 26.3 Å². The Labute approximate surface area is 123 Å². The molecule has 114 valence electrons. The Morgan fingerprint density at radius 2 is 2.10 bits per heavy atom. The van der Waals surface area contributed by atoms with E-state index in [1.165, 1.54) is 0 Å². The molecule has 1 aromatic rings. The summed E-state index contributed by atoms with van der Waals surface area (Å²) in [5.74, 6) is 0.678. The molecule has 0 aromatic carbocycles. The maximum absolute atomic E-state index is 5.34. The Kier molecular flexibility index (Phi) is 8.42. The summed E-state index contributed by atoms with van der Waals surface area (Å²) < 4.78 is 5.34. The van der Waals surface area contributed by atoms with E-state index in [0.717, 1.165) is 38.4 Å². The van der Waals surface area contributed by atoms with Gasteiger partial charge < -0.3 is 10.1 Å². The van der Waals surface area contributed by atoms with E-state index >= 15 is 0 Å². The van der Waals surface area contributed by atoms with Gasteiger partial charge in [-0.3, -0.25) is 9.88 Å². The number of aromatic nitrogens is 1. The van der Waals surface area contributed by atoms with Crippen molar-refractivity contribution in [3.8, 4) is 0 Å². The van der Waals surface area contributed by atoms with Crippen LogP contribution >= 0.6 is 0 Å². The van der Waals surface area contributed by atoms with E-state index in [9.17, 15) is 0 Å². The highest BCUT2D eigenvalue weighted by atomic mass is 16.5. The third kappa shape index (κ3) is 6.98. The van der Waals surface area contributed by atoms with E-state index in [0.29, 0.717) is 12.0 Å². The van der Waals surface area contributed by atoms with Gasteiger partial charge >= 0.3 is 0 Å². The molecule has 1 atom stereocenters. The van der Waals surface area contributed by atoms with E-state index in [1.54, 1.807) is 7.11 Å². The van der Waals surface area contributed by atoms with Crippen LogP contribution in [-0.4, -0.2) is 56.3 Å². The van der Waals surface area contributed by atoms with Gasteiger partial charge in [-0.05, 0) is 31.6 Å². The van der Waals surface area contributed by atoms with Crippen LogP contribution < -0.4 is 5.32 Å². The fourth-order valence-corrected chi connectivity index (χ4v) is 2.09. The molecule has 1 rings (SSSR count). The van der Waals surface area contributed by atoms with Crippen LogP contribution in [0.15, 0.2) is 24.4 Å². The molecule has 4 nitrogen and oxygen atoms in total. The van der Waals surface area contributed by atoms with Crippen molar-refractivity contribution in [2.75, 3.05) is 40.4 Å². The van der Waals surface area contributed by atoms with Gasteiger partial charge in [0.15, 0.2) is 0 Å². The third-order valence-corrected chi connectivity index (χ3v) is 3.36. The molecule has 0 saturated carbocycles. The molecule has 0 aliphatic heterocycles. The number of ether oxygens (including phenoxy) is 1. The SMILES string of the molecule is COCC(CNCC(C)C)N(C)CCc1ccccn1. The first-order valence-electron chi connectivity index (χ1n) is 7.43. The number of hydrogen-bond donors (Lipinski definition) is 1. The van der Waals surface area contributed by atoms with E-state index in [2.05, 4.69) is 42.2 Å². The second-order valence-corrected chi connectivity index (χ2v) is 5.71. The molecule has 0 aliphatic rings. The highest BCUT2D eigenvalue weighted by Crippen LogP contribution is 2.01. The summed E-state index contributed by atoms with van der Waals surface area (Å²) in [6.07, 6.45) is 2.83. The van der Waals surface area contributed by atoms with Crippen LogP contribution in [0.2, 0.25) is 0 Å². The lowest BCUT2D eigenvalue weighted by Gasteiger charge is -2.28. The third-order valence-electron chi connectivity index (χ3n) is 3.36. The van der Waals surface area contributed by atoms with Gasteiger partial charge in [0.25, 0.3) is 0 Å². The number of likely N-dealkylation sites (N-methyl/N-ethyl adjacent to an activating group) is 1. The zero-order valence-corrected chi connectivity index (χ0v) is 13.3. The van der Waals surface area contributed by atoms with Crippen LogP contribution in [0.4, 0.5) is 0 Å². The van der Waals surface area contributed by atoms with Crippen molar-refractivity contribution in [3.63, 3.8) is 0 Å². The Bertz CT molecular complexity index is 343. The van der Waals surface area contributed by atoms with Crippen molar-refractivity contribution < 1.29 is 4.74 Å². The number of nitrogens with zero attached hydrogens (tertiary/aromatic N) is 2. The summed E-state index contributed by atoms with van der Waals surface area (Å²) in [4.78, 5) is 6.72. The summed E-state index contributed by atoms with van der Waals surface area (Å²) in [6.45, 7) is 8.21. The second kappa shape index (κ2) is 9.86. The fourth-order valence-electron chi connectivity index (χ4n) is 2.09. The van der Waals surface area contributed by atoms with E-state index in [-0.39, 0.29) is 0 Å². The number of pyridine rings is 1. The summed E-state index contributed by atoms with van der Waals surface area (Å²) in [5.41, 5.74) is 1.14. The highest BCUT2D eigenvalue weighted by molar-refractivity contribution is 5.03. The maximum atomic E-state index is 5.34. The summed E-state index contributed by atoms with van der Waals surface area (Å²) in [7, 11) is 3.92. The first-order chi connectivity index (χ1) is 9.63. The Morgan fingerprint density at radius 3 is 2.70 bits per heavy atom. The average Bonchev–Trinajstić information content (AvgIpc) is 2.44. The molecule has 0 amide bonds. The van der Waals surface area contributed by atoms with Crippen molar-refractivity contribution in [2.24, 2.45) is 5.92 Å². The predicted octanol–water partition coefficient (Wildman–Crippen LogP) is 1.82. The van der Waals surface area contributed by atoms with Crippen LogP contribution in [0, 0.1) is 5.92 Å². The molecule has 1 aromatic heterocycles. The molecular formula is C16H29N3O. The molecule has 1 heterocycles. The largest absolute Gasteiger partial charge is 0.383 e. The fraction of sp³-hybridized carbons (Fsp3) is 0.688. The van der Waals surface area contributed by atoms with Gasteiger partial charge in [-0.1, -0.05) is 19.9 Å². The van der Waals surface area contributed by atoms with Crippen LogP contribution in [0.25, 0.3) is 0 Å². The first kappa shape index (κ1) is 17.1. The molecule has 1 unspecified atom stereocenters. The first-order valence-corrected chi connectivity index (χ1v) is 7.43. The Morgan fingerprint density at radius 1 is 1.30 bits per heavy atom. The van der Waals surface area contributed by atoms with Gasteiger partial charge in [0.2, 0.25) is 0 Å². The highest BCUT2D eigenvalue weighted by Gasteiger charge is 2.14. The molecule has 20 heavy (non-hydrogen) atoms. The second-order valence-electron chi connectivity index (χ2n) is 5.71. The van der Waals surface area contributed by atoms with Crippen molar-refractivity contribution in [1.29, 1.82) is 0 Å². The zero-order chi connectivity index (χ0) is 14.8. The summed E-state index contributed by atoms with van der Waals surface area (Å²) in [5, 5.41) is 3.51. The lowest BCUT2D eigenvalue weighted by molar-refractivity contribution is 0.105. The van der Waals surface area contributed by atoms with Gasteiger partial charge in [0, 0.05) is 44.6 Å². The summed E-state index contributed by atoms with van der Waals surface area (Å²) >= 11 is 0. The van der Waals surface area contributed by atoms with Gasteiger partial charge in [-0.25, -0.2) is 0 Å².